The van der Waals surface area contributed by atoms with Gasteiger partial charge >= 0.3 is 0 Å². The van der Waals surface area contributed by atoms with Crippen LogP contribution < -0.4 is 20.2 Å². The number of aromatic nitrogens is 4. The van der Waals surface area contributed by atoms with Crippen molar-refractivity contribution in [3.8, 4) is 11.5 Å². The molecular formula is C19H16BrN7O3. The Hall–Kier alpha value is -3.73. The molecule has 11 heteroatoms. The van der Waals surface area contributed by atoms with Crippen molar-refractivity contribution in [1.82, 2.24) is 20.3 Å². The van der Waals surface area contributed by atoms with E-state index in [1.807, 2.05) is 42.5 Å². The molecule has 0 aliphatic rings. The molecule has 0 radical (unpaired) electrons. The SMILES string of the molecule is COc1ccc(Nc2nc3nonc3nc2NN=Cc2ccc(OC)c(Br)c2)cc1. The number of methoxy groups -OCH3 is 2. The first-order chi connectivity index (χ1) is 14.7. The van der Waals surface area contributed by atoms with E-state index in [0.29, 0.717) is 11.6 Å². The first-order valence-electron chi connectivity index (χ1n) is 8.70. The molecule has 0 amide bonds. The van der Waals surface area contributed by atoms with Crippen LogP contribution in [0.1, 0.15) is 5.56 Å². The van der Waals surface area contributed by atoms with Crippen molar-refractivity contribution in [2.45, 2.75) is 0 Å². The number of hydrazone groups is 1. The predicted molar refractivity (Wildman–Crippen MR) is 116 cm³/mol. The number of anilines is 3. The summed E-state index contributed by atoms with van der Waals surface area (Å²) in [4.78, 5) is 8.77. The Bertz CT molecular complexity index is 1190. The highest BCUT2D eigenvalue weighted by atomic mass is 79.9. The second-order valence-electron chi connectivity index (χ2n) is 5.95. The van der Waals surface area contributed by atoms with Gasteiger partial charge in [0.25, 0.3) is 0 Å². The quantitative estimate of drug-likeness (QED) is 0.305. The highest BCUT2D eigenvalue weighted by Crippen LogP contribution is 2.26. The number of ether oxygens (including phenoxy) is 2. The lowest BCUT2D eigenvalue weighted by atomic mass is 10.2. The first kappa shape index (κ1) is 19.6. The summed E-state index contributed by atoms with van der Waals surface area (Å²) in [7, 11) is 3.22. The number of hydrogen-bond acceptors (Lipinski definition) is 10. The molecule has 0 atom stereocenters. The fourth-order valence-electron chi connectivity index (χ4n) is 2.54. The molecule has 0 aliphatic heterocycles. The zero-order valence-corrected chi connectivity index (χ0v) is 17.5. The van der Waals surface area contributed by atoms with E-state index in [2.05, 4.69) is 52.1 Å². The fourth-order valence-corrected chi connectivity index (χ4v) is 3.10. The summed E-state index contributed by atoms with van der Waals surface area (Å²) in [6.07, 6.45) is 1.65. The molecular weight excluding hydrogens is 454 g/mol. The van der Waals surface area contributed by atoms with Crippen LogP contribution in [0, 0.1) is 0 Å². The zero-order valence-electron chi connectivity index (χ0n) is 16.0. The third-order valence-corrected chi connectivity index (χ3v) is 4.65. The van der Waals surface area contributed by atoms with Crippen molar-refractivity contribution < 1.29 is 14.1 Å². The van der Waals surface area contributed by atoms with Crippen LogP contribution in [0.5, 0.6) is 11.5 Å². The largest absolute Gasteiger partial charge is 0.497 e. The minimum Gasteiger partial charge on any atom is -0.497 e. The number of rotatable bonds is 7. The number of benzene rings is 2. The third kappa shape index (κ3) is 4.30. The Labute approximate surface area is 179 Å². The van der Waals surface area contributed by atoms with Gasteiger partial charge in [0, 0.05) is 5.69 Å². The molecule has 152 valence electrons. The second-order valence-corrected chi connectivity index (χ2v) is 6.80. The van der Waals surface area contributed by atoms with Gasteiger partial charge in [0.15, 0.2) is 11.6 Å². The average molecular weight is 470 g/mol. The minimum atomic E-state index is 0.264. The maximum atomic E-state index is 5.23. The van der Waals surface area contributed by atoms with Crippen molar-refractivity contribution in [2.75, 3.05) is 25.0 Å². The lowest BCUT2D eigenvalue weighted by Gasteiger charge is -2.10. The second kappa shape index (κ2) is 8.74. The van der Waals surface area contributed by atoms with E-state index in [-0.39, 0.29) is 11.3 Å². The van der Waals surface area contributed by atoms with E-state index >= 15 is 0 Å². The monoisotopic (exact) mass is 469 g/mol. The molecule has 0 spiro atoms. The van der Waals surface area contributed by atoms with Crippen LogP contribution in [0.4, 0.5) is 17.3 Å². The number of hydrogen-bond donors (Lipinski definition) is 2. The van der Waals surface area contributed by atoms with E-state index in [0.717, 1.165) is 27.2 Å². The molecule has 2 N–H and O–H groups in total. The molecule has 2 aromatic heterocycles. The molecule has 10 nitrogen and oxygen atoms in total. The zero-order chi connectivity index (χ0) is 20.9. The molecule has 0 fully saturated rings. The molecule has 0 unspecified atom stereocenters. The summed E-state index contributed by atoms with van der Waals surface area (Å²) in [6.45, 7) is 0. The van der Waals surface area contributed by atoms with Crippen molar-refractivity contribution in [2.24, 2.45) is 5.10 Å². The van der Waals surface area contributed by atoms with Crippen molar-refractivity contribution in [3.63, 3.8) is 0 Å². The molecule has 2 aromatic carbocycles. The van der Waals surface area contributed by atoms with Crippen LogP contribution in [-0.4, -0.2) is 40.7 Å². The van der Waals surface area contributed by atoms with Gasteiger partial charge in [-0.2, -0.15) is 10.1 Å². The average Bonchev–Trinajstić information content (AvgIpc) is 3.22. The summed E-state index contributed by atoms with van der Waals surface area (Å²) in [6, 6.07) is 13.0. The summed E-state index contributed by atoms with van der Waals surface area (Å²) < 4.78 is 15.9. The summed E-state index contributed by atoms with van der Waals surface area (Å²) in [5.74, 6) is 2.26. The number of fused-ring (bicyclic) bond motifs is 1. The van der Waals surface area contributed by atoms with Gasteiger partial charge < -0.3 is 14.8 Å². The molecule has 0 saturated carbocycles. The maximum absolute atomic E-state index is 5.23. The van der Waals surface area contributed by atoms with Gasteiger partial charge in [-0.25, -0.2) is 9.61 Å². The highest BCUT2D eigenvalue weighted by Gasteiger charge is 2.13. The van der Waals surface area contributed by atoms with E-state index in [1.165, 1.54) is 0 Å². The van der Waals surface area contributed by atoms with Gasteiger partial charge in [0.2, 0.25) is 11.3 Å². The molecule has 30 heavy (non-hydrogen) atoms. The molecule has 4 rings (SSSR count). The van der Waals surface area contributed by atoms with Gasteiger partial charge in [-0.1, -0.05) is 0 Å². The van der Waals surface area contributed by atoms with Gasteiger partial charge in [0.05, 0.1) is 24.9 Å². The molecule has 2 heterocycles. The lowest BCUT2D eigenvalue weighted by molar-refractivity contribution is 0.314. The molecule has 0 saturated heterocycles. The van der Waals surface area contributed by atoms with Gasteiger partial charge in [0.1, 0.15) is 11.5 Å². The van der Waals surface area contributed by atoms with Crippen LogP contribution in [0.2, 0.25) is 0 Å². The summed E-state index contributed by atoms with van der Waals surface area (Å²) in [5.41, 5.74) is 5.07. The highest BCUT2D eigenvalue weighted by molar-refractivity contribution is 9.10. The Morgan fingerprint density at radius 3 is 2.37 bits per heavy atom. The van der Waals surface area contributed by atoms with Crippen LogP contribution in [0.3, 0.4) is 0 Å². The molecule has 0 aliphatic carbocycles. The van der Waals surface area contributed by atoms with E-state index in [1.54, 1.807) is 20.4 Å². The van der Waals surface area contributed by atoms with E-state index < -0.39 is 0 Å². The first-order valence-corrected chi connectivity index (χ1v) is 9.49. The Morgan fingerprint density at radius 2 is 1.70 bits per heavy atom. The predicted octanol–water partition coefficient (Wildman–Crippen LogP) is 3.98. The fraction of sp³-hybridized carbons (Fsp3) is 0.105. The smallest absolute Gasteiger partial charge is 0.245 e. The van der Waals surface area contributed by atoms with Gasteiger partial charge in [-0.05, 0) is 74.3 Å². The van der Waals surface area contributed by atoms with Gasteiger partial charge in [-0.3, -0.25) is 5.43 Å². The van der Waals surface area contributed by atoms with Crippen LogP contribution in [0.15, 0.2) is 56.7 Å². The minimum absolute atomic E-state index is 0.264. The van der Waals surface area contributed by atoms with E-state index in [4.69, 9.17) is 14.1 Å². The number of nitrogens with one attached hydrogen (secondary N) is 2. The standard InChI is InChI=1S/C19H16BrN7O3/c1-28-13-6-4-12(5-7-13)22-16-17(24-19-18(23-16)26-30-27-19)25-21-10-11-3-8-15(29-2)14(20)9-11/h3-10H,1-2H3,(H,22,23,26)(H,24,25,27). The van der Waals surface area contributed by atoms with Crippen molar-refractivity contribution in [1.29, 1.82) is 0 Å². The Balaban J connectivity index is 1.58. The van der Waals surface area contributed by atoms with E-state index in [9.17, 15) is 0 Å². The normalized spacial score (nSPS) is 11.0. The van der Waals surface area contributed by atoms with Crippen LogP contribution in [-0.2, 0) is 0 Å². The topological polar surface area (TPSA) is 120 Å². The third-order valence-electron chi connectivity index (χ3n) is 4.03. The summed E-state index contributed by atoms with van der Waals surface area (Å²) in [5, 5.41) is 14.9. The maximum Gasteiger partial charge on any atom is 0.245 e. The number of halogens is 1. The van der Waals surface area contributed by atoms with Crippen molar-refractivity contribution in [3.05, 3.63) is 52.5 Å². The van der Waals surface area contributed by atoms with Crippen LogP contribution >= 0.6 is 15.9 Å². The summed E-state index contributed by atoms with van der Waals surface area (Å²) >= 11 is 3.45. The Morgan fingerprint density at radius 1 is 0.967 bits per heavy atom. The van der Waals surface area contributed by atoms with Crippen molar-refractivity contribution >= 4 is 50.8 Å². The van der Waals surface area contributed by atoms with Crippen LogP contribution in [0.25, 0.3) is 11.3 Å². The lowest BCUT2D eigenvalue weighted by Crippen LogP contribution is -2.03. The van der Waals surface area contributed by atoms with Gasteiger partial charge in [-0.15, -0.1) is 0 Å². The molecule has 0 bridgehead atoms. The Kier molecular flexibility index (Phi) is 5.70. The molecule has 4 aromatic rings. The number of nitrogens with zero attached hydrogens (tertiary/aromatic N) is 5.